The molecule has 2 aliphatic heterocycles. The maximum atomic E-state index is 13.9. The second-order valence-electron chi connectivity index (χ2n) is 7.47. The molecule has 154 valence electrons. The Morgan fingerprint density at radius 3 is 1.93 bits per heavy atom. The standard InChI is InChI=1S/C23H27BrN2O3/c24-20-8-6-19(7-9-20)23(27)22(26-12-16-29-17-13-26)21(18-4-2-1-3-5-18)25-10-14-28-15-11-25/h1-9,21-22H,10-17H2/t21-,22-/m1/s1. The summed E-state index contributed by atoms with van der Waals surface area (Å²) in [5.74, 6) is 0.166. The lowest BCUT2D eigenvalue weighted by Crippen LogP contribution is -2.55. The van der Waals surface area contributed by atoms with Gasteiger partial charge in [0.15, 0.2) is 5.78 Å². The van der Waals surface area contributed by atoms with E-state index in [1.165, 1.54) is 5.56 Å². The van der Waals surface area contributed by atoms with Crippen LogP contribution < -0.4 is 0 Å². The molecule has 2 heterocycles. The summed E-state index contributed by atoms with van der Waals surface area (Å²) in [6.07, 6.45) is 0. The highest BCUT2D eigenvalue weighted by Crippen LogP contribution is 2.31. The average molecular weight is 459 g/mol. The van der Waals surface area contributed by atoms with Gasteiger partial charge in [-0.25, -0.2) is 0 Å². The van der Waals surface area contributed by atoms with Gasteiger partial charge in [0, 0.05) is 36.2 Å². The first kappa shape index (κ1) is 20.7. The summed E-state index contributed by atoms with van der Waals surface area (Å²) in [7, 11) is 0. The number of ketones is 1. The molecule has 0 aliphatic carbocycles. The summed E-state index contributed by atoms with van der Waals surface area (Å²) < 4.78 is 12.2. The van der Waals surface area contributed by atoms with Crippen molar-refractivity contribution in [3.63, 3.8) is 0 Å². The highest BCUT2D eigenvalue weighted by molar-refractivity contribution is 9.10. The van der Waals surface area contributed by atoms with Crippen LogP contribution in [0.1, 0.15) is 22.0 Å². The van der Waals surface area contributed by atoms with Crippen LogP contribution in [0.2, 0.25) is 0 Å². The van der Waals surface area contributed by atoms with Gasteiger partial charge in [0.25, 0.3) is 0 Å². The van der Waals surface area contributed by atoms with Crippen LogP contribution in [0.5, 0.6) is 0 Å². The molecule has 0 bridgehead atoms. The molecule has 2 fully saturated rings. The molecule has 6 heteroatoms. The molecule has 0 unspecified atom stereocenters. The minimum Gasteiger partial charge on any atom is -0.379 e. The maximum absolute atomic E-state index is 13.9. The summed E-state index contributed by atoms with van der Waals surface area (Å²) >= 11 is 3.48. The van der Waals surface area contributed by atoms with Gasteiger partial charge in [0.2, 0.25) is 0 Å². The highest BCUT2D eigenvalue weighted by atomic mass is 79.9. The molecule has 0 aromatic heterocycles. The lowest BCUT2D eigenvalue weighted by atomic mass is 9.89. The molecule has 2 aromatic carbocycles. The summed E-state index contributed by atoms with van der Waals surface area (Å²) in [5, 5.41) is 0. The van der Waals surface area contributed by atoms with Crippen LogP contribution in [0.4, 0.5) is 0 Å². The van der Waals surface area contributed by atoms with Crippen molar-refractivity contribution in [1.29, 1.82) is 0 Å². The molecule has 2 aliphatic rings. The Kier molecular flexibility index (Phi) is 7.11. The molecule has 4 rings (SSSR count). The molecule has 0 N–H and O–H groups in total. The fourth-order valence-corrected chi connectivity index (χ4v) is 4.51. The van der Waals surface area contributed by atoms with Crippen molar-refractivity contribution in [3.05, 3.63) is 70.2 Å². The van der Waals surface area contributed by atoms with Gasteiger partial charge in [-0.15, -0.1) is 0 Å². The van der Waals surface area contributed by atoms with Crippen LogP contribution in [0.25, 0.3) is 0 Å². The second-order valence-corrected chi connectivity index (χ2v) is 8.38. The number of hydrogen-bond donors (Lipinski definition) is 0. The van der Waals surface area contributed by atoms with Gasteiger partial charge in [-0.2, -0.15) is 0 Å². The fraction of sp³-hybridized carbons (Fsp3) is 0.435. The average Bonchev–Trinajstić information content (AvgIpc) is 2.79. The Labute approximate surface area is 180 Å². The smallest absolute Gasteiger partial charge is 0.181 e. The van der Waals surface area contributed by atoms with Gasteiger partial charge in [-0.1, -0.05) is 58.4 Å². The third kappa shape index (κ3) is 4.95. The van der Waals surface area contributed by atoms with E-state index in [4.69, 9.17) is 9.47 Å². The van der Waals surface area contributed by atoms with Gasteiger partial charge in [0.1, 0.15) is 0 Å². The van der Waals surface area contributed by atoms with Crippen molar-refractivity contribution < 1.29 is 14.3 Å². The lowest BCUT2D eigenvalue weighted by Gasteiger charge is -2.44. The topological polar surface area (TPSA) is 42.0 Å². The molecule has 0 spiro atoms. The number of benzene rings is 2. The molecule has 0 saturated carbocycles. The number of morpholine rings is 2. The van der Waals surface area contributed by atoms with E-state index in [1.54, 1.807) is 0 Å². The maximum Gasteiger partial charge on any atom is 0.181 e. The fourth-order valence-electron chi connectivity index (χ4n) is 4.25. The number of nitrogens with zero attached hydrogens (tertiary/aromatic N) is 2. The molecular formula is C23H27BrN2O3. The molecule has 29 heavy (non-hydrogen) atoms. The van der Waals surface area contributed by atoms with E-state index in [0.717, 1.165) is 36.2 Å². The van der Waals surface area contributed by atoms with Crippen LogP contribution >= 0.6 is 15.9 Å². The molecule has 0 radical (unpaired) electrons. The van der Waals surface area contributed by atoms with Gasteiger partial charge < -0.3 is 9.47 Å². The van der Waals surface area contributed by atoms with Crippen LogP contribution in [0.3, 0.4) is 0 Å². The van der Waals surface area contributed by atoms with Gasteiger partial charge in [-0.05, 0) is 17.7 Å². The highest BCUT2D eigenvalue weighted by Gasteiger charge is 2.39. The third-order valence-electron chi connectivity index (χ3n) is 5.72. The van der Waals surface area contributed by atoms with E-state index in [9.17, 15) is 4.79 Å². The number of ether oxygens (including phenoxy) is 2. The first-order valence-corrected chi connectivity index (χ1v) is 11.0. The first-order valence-electron chi connectivity index (χ1n) is 10.2. The number of carbonyl (C=O) groups excluding carboxylic acids is 1. The molecule has 5 nitrogen and oxygen atoms in total. The van der Waals surface area contributed by atoms with E-state index in [1.807, 2.05) is 30.3 Å². The van der Waals surface area contributed by atoms with Crippen molar-refractivity contribution in [2.75, 3.05) is 52.6 Å². The van der Waals surface area contributed by atoms with Gasteiger partial charge >= 0.3 is 0 Å². The third-order valence-corrected chi connectivity index (χ3v) is 6.24. The summed E-state index contributed by atoms with van der Waals surface area (Å²) in [6.45, 7) is 5.91. The zero-order valence-corrected chi connectivity index (χ0v) is 18.1. The summed E-state index contributed by atoms with van der Waals surface area (Å²) in [6, 6.07) is 17.9. The Balaban J connectivity index is 1.74. The van der Waals surface area contributed by atoms with E-state index in [2.05, 4.69) is 50.0 Å². The Bertz CT molecular complexity index is 788. The monoisotopic (exact) mass is 458 g/mol. The molecular weight excluding hydrogens is 432 g/mol. The summed E-state index contributed by atoms with van der Waals surface area (Å²) in [5.41, 5.74) is 1.93. The normalized spacial score (nSPS) is 20.9. The minimum atomic E-state index is -0.263. The zero-order chi connectivity index (χ0) is 20.1. The number of carbonyl (C=O) groups is 1. The SMILES string of the molecule is O=C(c1ccc(Br)cc1)[C@@H]([C@@H](c1ccccc1)N1CCOCC1)N1CCOCC1. The Hall–Kier alpha value is -1.57. The Morgan fingerprint density at radius 2 is 1.34 bits per heavy atom. The zero-order valence-electron chi connectivity index (χ0n) is 16.5. The van der Waals surface area contributed by atoms with Gasteiger partial charge in [-0.3, -0.25) is 14.6 Å². The first-order chi connectivity index (χ1) is 14.2. The van der Waals surface area contributed by atoms with Crippen LogP contribution in [-0.2, 0) is 9.47 Å². The van der Waals surface area contributed by atoms with E-state index in [0.29, 0.717) is 26.4 Å². The van der Waals surface area contributed by atoms with E-state index < -0.39 is 0 Å². The number of rotatable bonds is 6. The second kappa shape index (κ2) is 9.96. The van der Waals surface area contributed by atoms with Crippen molar-refractivity contribution in [3.8, 4) is 0 Å². The van der Waals surface area contributed by atoms with Crippen LogP contribution in [0.15, 0.2) is 59.1 Å². The van der Waals surface area contributed by atoms with Crippen molar-refractivity contribution in [1.82, 2.24) is 9.80 Å². The molecule has 2 atom stereocenters. The van der Waals surface area contributed by atoms with E-state index >= 15 is 0 Å². The quantitative estimate of drug-likeness (QED) is 0.620. The van der Waals surface area contributed by atoms with Crippen molar-refractivity contribution in [2.24, 2.45) is 0 Å². The largest absolute Gasteiger partial charge is 0.379 e. The van der Waals surface area contributed by atoms with Crippen molar-refractivity contribution >= 4 is 21.7 Å². The molecule has 0 amide bonds. The van der Waals surface area contributed by atoms with Crippen molar-refractivity contribution in [2.45, 2.75) is 12.1 Å². The lowest BCUT2D eigenvalue weighted by molar-refractivity contribution is -0.0301. The van der Waals surface area contributed by atoms with Gasteiger partial charge in [0.05, 0.1) is 38.5 Å². The van der Waals surface area contributed by atoms with E-state index in [-0.39, 0.29) is 17.9 Å². The number of halogens is 1. The summed E-state index contributed by atoms with van der Waals surface area (Å²) in [4.78, 5) is 18.6. The molecule has 2 aromatic rings. The number of Topliss-reactive ketones (excluding diaryl/α,β-unsaturated/α-hetero) is 1. The predicted octanol–water partition coefficient (Wildman–Crippen LogP) is 3.41. The number of hydrogen-bond acceptors (Lipinski definition) is 5. The Morgan fingerprint density at radius 1 is 0.793 bits per heavy atom. The molecule has 2 saturated heterocycles. The van der Waals surface area contributed by atoms with Crippen LogP contribution in [-0.4, -0.2) is 74.2 Å². The minimum absolute atomic E-state index is 0.0191. The van der Waals surface area contributed by atoms with Crippen LogP contribution in [0, 0.1) is 0 Å². The predicted molar refractivity (Wildman–Crippen MR) is 116 cm³/mol.